The van der Waals surface area contributed by atoms with E-state index in [9.17, 15) is 54.0 Å². The third-order valence-corrected chi connectivity index (χ3v) is 14.4. The Kier molecular flexibility index (Phi) is 15.9. The molecule has 0 saturated carbocycles. The highest BCUT2D eigenvalue weighted by atomic mass is 35.5. The third-order valence-electron chi connectivity index (χ3n) is 10.9. The molecule has 0 radical (unpaired) electrons. The first-order valence-corrected chi connectivity index (χ1v) is 23.5. The molecule has 2 fully saturated rings. The van der Waals surface area contributed by atoms with Crippen molar-refractivity contribution in [3.05, 3.63) is 57.6 Å². The third kappa shape index (κ3) is 12.4. The number of nitrogens with zero attached hydrogens (tertiary/aromatic N) is 2. The summed E-state index contributed by atoms with van der Waals surface area (Å²) in [5, 5.41) is 2.18. The molecule has 4 N–H and O–H groups in total. The lowest BCUT2D eigenvalue weighted by molar-refractivity contribution is -0.165. The Bertz CT molecular complexity index is 2240. The maximum absolute atomic E-state index is 13.4. The predicted octanol–water partition coefficient (Wildman–Crippen LogP) is 7.96. The van der Waals surface area contributed by atoms with Crippen molar-refractivity contribution in [2.24, 2.45) is 0 Å². The van der Waals surface area contributed by atoms with Gasteiger partial charge in [0.2, 0.25) is 17.7 Å². The van der Waals surface area contributed by atoms with Gasteiger partial charge in [-0.3, -0.25) is 19.3 Å². The van der Waals surface area contributed by atoms with Crippen molar-refractivity contribution in [1.29, 1.82) is 0 Å². The van der Waals surface area contributed by atoms with E-state index in [1.807, 2.05) is 57.1 Å². The van der Waals surface area contributed by atoms with Gasteiger partial charge in [-0.25, -0.2) is 35.9 Å². The molecule has 2 aliphatic rings. The number of nitrogens with one attached hydrogen (secondary N) is 4. The van der Waals surface area contributed by atoms with Crippen molar-refractivity contribution in [3.8, 4) is 0 Å². The van der Waals surface area contributed by atoms with E-state index in [0.29, 0.717) is 50.7 Å². The first-order valence-electron chi connectivity index (χ1n) is 20.0. The van der Waals surface area contributed by atoms with Gasteiger partial charge in [0.05, 0.1) is 0 Å². The van der Waals surface area contributed by atoms with E-state index in [2.05, 4.69) is 10.6 Å². The van der Waals surface area contributed by atoms with Crippen molar-refractivity contribution >= 4 is 72.8 Å². The zero-order chi connectivity index (χ0) is 45.8. The number of halogens is 4. The highest BCUT2D eigenvalue weighted by molar-refractivity contribution is 7.91. The Morgan fingerprint density at radius 1 is 0.738 bits per heavy atom. The SMILES string of the molecule is CC(=O)N1C(=O)CCCC1S(=O)(=O)NC(=O)Nc1c(C(C)C)cccc1C(C)CCC(C)c1cc(Cl)cc(C(C)C)c1NC(=O)NS(=O)(=O)C1CCCC(=O)N1CC(F)(F)F. The van der Waals surface area contributed by atoms with Crippen molar-refractivity contribution in [2.75, 3.05) is 17.2 Å². The number of hydrogen-bond acceptors (Lipinski definition) is 9. The number of urea groups is 2. The van der Waals surface area contributed by atoms with E-state index in [-0.39, 0.29) is 72.8 Å². The highest BCUT2D eigenvalue weighted by Crippen LogP contribution is 2.40. The summed E-state index contributed by atoms with van der Waals surface area (Å²) in [5.41, 5.74) is 3.13. The molecule has 61 heavy (non-hydrogen) atoms. The largest absolute Gasteiger partial charge is 0.406 e. The average molecular weight is 919 g/mol. The van der Waals surface area contributed by atoms with Crippen LogP contribution in [-0.2, 0) is 34.4 Å². The van der Waals surface area contributed by atoms with Crippen LogP contribution < -0.4 is 20.1 Å². The van der Waals surface area contributed by atoms with Crippen molar-refractivity contribution in [3.63, 3.8) is 0 Å². The molecule has 0 aliphatic carbocycles. The number of carbonyl (C=O) groups is 5. The van der Waals surface area contributed by atoms with E-state index in [1.54, 1.807) is 24.3 Å². The molecule has 21 heteroatoms. The number of amides is 7. The fraction of sp³-hybridized carbons (Fsp3) is 0.575. The second-order valence-corrected chi connectivity index (χ2v) is 20.4. The number of rotatable bonds is 14. The number of piperidine rings is 2. The molecular weight excluding hydrogens is 865 g/mol. The van der Waals surface area contributed by atoms with Gasteiger partial charge in [0.15, 0.2) is 10.7 Å². The molecule has 2 heterocycles. The molecule has 7 amide bonds. The molecule has 2 aromatic carbocycles. The first-order chi connectivity index (χ1) is 28.2. The van der Waals surface area contributed by atoms with Crippen LogP contribution in [0.25, 0.3) is 0 Å². The number of hydrogen-bond donors (Lipinski definition) is 4. The molecule has 2 saturated heterocycles. The van der Waals surface area contributed by atoms with Crippen LogP contribution in [0.5, 0.6) is 0 Å². The quantitative estimate of drug-likeness (QED) is 0.145. The lowest BCUT2D eigenvalue weighted by atomic mass is 9.85. The van der Waals surface area contributed by atoms with Crippen LogP contribution in [0.2, 0.25) is 5.02 Å². The minimum atomic E-state index is -4.87. The monoisotopic (exact) mass is 918 g/mol. The van der Waals surface area contributed by atoms with E-state index >= 15 is 0 Å². The van der Waals surface area contributed by atoms with Gasteiger partial charge >= 0.3 is 18.2 Å². The molecule has 0 bridgehead atoms. The average Bonchev–Trinajstić information content (AvgIpc) is 3.13. The normalized spacial score (nSPS) is 18.8. The Balaban J connectivity index is 1.56. The smallest absolute Gasteiger partial charge is 0.315 e. The number of benzene rings is 2. The van der Waals surface area contributed by atoms with Crippen LogP contribution in [0.4, 0.5) is 34.1 Å². The van der Waals surface area contributed by atoms with Crippen LogP contribution in [0.3, 0.4) is 0 Å². The second-order valence-electron chi connectivity index (χ2n) is 16.3. The molecule has 15 nitrogen and oxygen atoms in total. The topological polar surface area (TPSA) is 208 Å². The van der Waals surface area contributed by atoms with Gasteiger partial charge in [-0.1, -0.05) is 71.3 Å². The van der Waals surface area contributed by atoms with Crippen molar-refractivity contribution < 1.29 is 54.0 Å². The number of anilines is 2. The lowest BCUT2D eigenvalue weighted by Crippen LogP contribution is -2.55. The van der Waals surface area contributed by atoms with Crippen molar-refractivity contribution in [2.45, 2.75) is 140 Å². The summed E-state index contributed by atoms with van der Waals surface area (Å²) >= 11 is 6.56. The summed E-state index contributed by atoms with van der Waals surface area (Å²) in [6, 6.07) is 6.35. The lowest BCUT2D eigenvalue weighted by Gasteiger charge is -2.35. The van der Waals surface area contributed by atoms with E-state index in [0.717, 1.165) is 6.92 Å². The summed E-state index contributed by atoms with van der Waals surface area (Å²) in [4.78, 5) is 64.7. The van der Waals surface area contributed by atoms with Crippen LogP contribution in [-0.4, -0.2) is 79.9 Å². The number of alkyl halides is 3. The Morgan fingerprint density at radius 3 is 1.72 bits per heavy atom. The van der Waals surface area contributed by atoms with E-state index < -0.39 is 73.3 Å². The Morgan fingerprint density at radius 2 is 1.20 bits per heavy atom. The zero-order valence-electron chi connectivity index (χ0n) is 35.1. The minimum absolute atomic E-state index is 0.00744. The Hall–Kier alpha value is -4.43. The predicted molar refractivity (Wildman–Crippen MR) is 225 cm³/mol. The van der Waals surface area contributed by atoms with Gasteiger partial charge in [-0.05, 0) is 96.6 Å². The fourth-order valence-electron chi connectivity index (χ4n) is 7.85. The van der Waals surface area contributed by atoms with Crippen LogP contribution in [0, 0.1) is 0 Å². The molecule has 4 atom stereocenters. The number of para-hydroxylation sites is 1. The minimum Gasteiger partial charge on any atom is -0.315 e. The molecule has 2 aromatic rings. The van der Waals surface area contributed by atoms with Crippen molar-refractivity contribution in [1.82, 2.24) is 19.2 Å². The number of sulfonamides is 2. The standard InChI is InChI=1S/C40H54ClF3N6O9S2/c1-22(2)28-11-8-12-29(36(28)45-38(54)48-61(58,59)35-16-10-14-33(53)50(35)26(7)51)24(5)17-18-25(6)31-20-27(41)19-30(23(3)4)37(31)46-39(55)47-60(56,57)34-15-9-13-32(52)49(34)21-40(42,43)44/h8,11-12,19-20,22-25,34-35H,9-10,13-18,21H2,1-7H3,(H2,45,48,54)(H2,46,47,55). The number of carbonyl (C=O) groups excluding carboxylic acids is 5. The summed E-state index contributed by atoms with van der Waals surface area (Å²) < 4.78 is 97.2. The maximum atomic E-state index is 13.4. The molecule has 338 valence electrons. The molecular formula is C40H54ClF3N6O9S2. The van der Waals surface area contributed by atoms with Crippen LogP contribution in [0.1, 0.15) is 146 Å². The van der Waals surface area contributed by atoms with Gasteiger partial charge in [-0.2, -0.15) is 13.2 Å². The molecule has 0 aromatic heterocycles. The van der Waals surface area contributed by atoms with Gasteiger partial charge in [0.25, 0.3) is 20.0 Å². The van der Waals surface area contributed by atoms with Gasteiger partial charge in [-0.15, -0.1) is 0 Å². The second kappa shape index (κ2) is 19.7. The summed E-state index contributed by atoms with van der Waals surface area (Å²) in [7, 11) is -9.32. The molecule has 4 rings (SSSR count). The van der Waals surface area contributed by atoms with Crippen LogP contribution in [0.15, 0.2) is 30.3 Å². The number of imide groups is 1. The first kappa shape index (κ1) is 49.2. The van der Waals surface area contributed by atoms with Crippen LogP contribution >= 0.6 is 11.6 Å². The Labute approximate surface area is 360 Å². The van der Waals surface area contributed by atoms with E-state index in [4.69, 9.17) is 11.6 Å². The summed E-state index contributed by atoms with van der Waals surface area (Å²) in [5.74, 6) is -3.34. The molecule has 2 aliphatic heterocycles. The summed E-state index contributed by atoms with van der Waals surface area (Å²) in [6.07, 6.45) is -4.28. The van der Waals surface area contributed by atoms with Gasteiger partial charge in [0, 0.05) is 36.2 Å². The van der Waals surface area contributed by atoms with Gasteiger partial charge in [0.1, 0.15) is 6.54 Å². The molecule has 4 unspecified atom stereocenters. The highest BCUT2D eigenvalue weighted by Gasteiger charge is 2.44. The molecule has 0 spiro atoms. The van der Waals surface area contributed by atoms with Gasteiger partial charge < -0.3 is 15.5 Å². The maximum Gasteiger partial charge on any atom is 0.406 e. The number of likely N-dealkylation sites (tertiary alicyclic amines) is 2. The zero-order valence-corrected chi connectivity index (χ0v) is 37.5. The summed E-state index contributed by atoms with van der Waals surface area (Å²) in [6.45, 7) is 10.5. The van der Waals surface area contributed by atoms with E-state index in [1.165, 1.54) is 0 Å². The fourth-order valence-corrected chi connectivity index (χ4v) is 11.0.